The molecule has 0 aliphatic rings. The van der Waals surface area contributed by atoms with Crippen LogP contribution in [0.4, 0.5) is 4.39 Å². The summed E-state index contributed by atoms with van der Waals surface area (Å²) in [6, 6.07) is 7.41. The van der Waals surface area contributed by atoms with Crippen molar-refractivity contribution in [1.82, 2.24) is 0 Å². The van der Waals surface area contributed by atoms with Crippen molar-refractivity contribution in [3.63, 3.8) is 0 Å². The van der Waals surface area contributed by atoms with Gasteiger partial charge in [-0.3, -0.25) is 0 Å². The first-order valence-electron chi connectivity index (χ1n) is 4.46. The second-order valence-electron chi connectivity index (χ2n) is 3.21. The lowest BCUT2D eigenvalue weighted by Crippen LogP contribution is -2.00. The van der Waals surface area contributed by atoms with Gasteiger partial charge < -0.3 is 5.11 Å². The van der Waals surface area contributed by atoms with E-state index in [0.717, 1.165) is 0 Å². The summed E-state index contributed by atoms with van der Waals surface area (Å²) in [5.74, 6) is -0.485. The molecule has 0 aliphatic heterocycles. The number of aliphatic hydroxyl groups excluding tert-OH is 1. The van der Waals surface area contributed by atoms with Crippen molar-refractivity contribution >= 4 is 34.5 Å². The highest BCUT2D eigenvalue weighted by molar-refractivity contribution is 7.16. The molecule has 0 fully saturated rings. The third kappa shape index (κ3) is 2.38. The van der Waals surface area contributed by atoms with E-state index < -0.39 is 11.9 Å². The van der Waals surface area contributed by atoms with E-state index in [1.807, 2.05) is 0 Å². The number of halogens is 3. The van der Waals surface area contributed by atoms with Crippen LogP contribution in [0, 0.1) is 5.82 Å². The average Bonchev–Trinajstić information content (AvgIpc) is 2.67. The first-order valence-corrected chi connectivity index (χ1v) is 6.03. The molecule has 1 unspecified atom stereocenters. The van der Waals surface area contributed by atoms with E-state index in [-0.39, 0.29) is 5.56 Å². The van der Waals surface area contributed by atoms with E-state index in [0.29, 0.717) is 14.2 Å². The molecule has 0 bridgehead atoms. The smallest absolute Gasteiger partial charge is 0.129 e. The molecule has 2 aromatic rings. The van der Waals surface area contributed by atoms with Crippen LogP contribution in [0.3, 0.4) is 0 Å². The predicted molar refractivity (Wildman–Crippen MR) is 64.8 cm³/mol. The fourth-order valence-electron chi connectivity index (χ4n) is 1.35. The van der Waals surface area contributed by atoms with E-state index in [9.17, 15) is 9.50 Å². The predicted octanol–water partition coefficient (Wildman–Crippen LogP) is 4.28. The molecule has 0 saturated heterocycles. The summed E-state index contributed by atoms with van der Waals surface area (Å²) >= 11 is 12.7. The maximum absolute atomic E-state index is 13.5. The van der Waals surface area contributed by atoms with Gasteiger partial charge >= 0.3 is 0 Å². The van der Waals surface area contributed by atoms with Crippen LogP contribution in [0.2, 0.25) is 9.36 Å². The normalized spacial score (nSPS) is 12.8. The van der Waals surface area contributed by atoms with Crippen molar-refractivity contribution in [2.75, 3.05) is 0 Å². The number of benzene rings is 1. The zero-order valence-corrected chi connectivity index (χ0v) is 10.3. The minimum absolute atomic E-state index is 0.158. The van der Waals surface area contributed by atoms with E-state index in [1.165, 1.54) is 29.5 Å². The summed E-state index contributed by atoms with van der Waals surface area (Å²) in [5.41, 5.74) is 0.158. The van der Waals surface area contributed by atoms with Crippen LogP contribution in [0.25, 0.3) is 0 Å². The highest BCUT2D eigenvalue weighted by Crippen LogP contribution is 2.32. The Bertz CT molecular complexity index is 512. The summed E-state index contributed by atoms with van der Waals surface area (Å²) in [6.45, 7) is 0. The van der Waals surface area contributed by atoms with Gasteiger partial charge in [-0.25, -0.2) is 4.39 Å². The number of hydrogen-bond donors (Lipinski definition) is 1. The number of thiophene rings is 1. The fraction of sp³-hybridized carbons (Fsp3) is 0.0909. The van der Waals surface area contributed by atoms with Crippen LogP contribution in [0.1, 0.15) is 16.5 Å². The maximum atomic E-state index is 13.5. The lowest BCUT2D eigenvalue weighted by Gasteiger charge is -2.10. The fourth-order valence-corrected chi connectivity index (χ4v) is 2.60. The second-order valence-corrected chi connectivity index (χ2v) is 5.39. The first-order chi connectivity index (χ1) is 7.58. The highest BCUT2D eigenvalue weighted by Gasteiger charge is 2.17. The Labute approximate surface area is 106 Å². The molecule has 1 N–H and O–H groups in total. The second kappa shape index (κ2) is 4.72. The van der Waals surface area contributed by atoms with Gasteiger partial charge in [0.15, 0.2) is 0 Å². The lowest BCUT2D eigenvalue weighted by molar-refractivity contribution is 0.219. The molecule has 0 amide bonds. The SMILES string of the molecule is OC(c1ccc(Cl)s1)c1cc(Cl)ccc1F. The summed E-state index contributed by atoms with van der Waals surface area (Å²) < 4.78 is 14.0. The van der Waals surface area contributed by atoms with Crippen molar-refractivity contribution in [1.29, 1.82) is 0 Å². The van der Waals surface area contributed by atoms with Crippen molar-refractivity contribution in [3.05, 3.63) is 55.9 Å². The van der Waals surface area contributed by atoms with Gasteiger partial charge in [-0.1, -0.05) is 23.2 Å². The monoisotopic (exact) mass is 276 g/mol. The Balaban J connectivity index is 2.40. The molecule has 0 radical (unpaired) electrons. The molecule has 0 spiro atoms. The molecule has 5 heteroatoms. The van der Waals surface area contributed by atoms with Gasteiger partial charge in [0.1, 0.15) is 11.9 Å². The Morgan fingerprint density at radius 1 is 1.19 bits per heavy atom. The van der Waals surface area contributed by atoms with E-state index in [1.54, 1.807) is 12.1 Å². The standard InChI is InChI=1S/C11H7Cl2FOS/c12-6-1-2-8(14)7(5-6)11(15)9-3-4-10(13)16-9/h1-5,11,15H. The minimum atomic E-state index is -1.03. The van der Waals surface area contributed by atoms with Gasteiger partial charge in [-0.15, -0.1) is 11.3 Å². The van der Waals surface area contributed by atoms with Gasteiger partial charge in [0.25, 0.3) is 0 Å². The Kier molecular flexibility index (Phi) is 3.50. The molecule has 1 nitrogen and oxygen atoms in total. The van der Waals surface area contributed by atoms with Gasteiger partial charge in [0.05, 0.1) is 4.34 Å². The average molecular weight is 277 g/mol. The quantitative estimate of drug-likeness (QED) is 0.868. The topological polar surface area (TPSA) is 20.2 Å². The van der Waals surface area contributed by atoms with Crippen LogP contribution in [-0.4, -0.2) is 5.11 Å². The van der Waals surface area contributed by atoms with Crippen molar-refractivity contribution in [3.8, 4) is 0 Å². The first kappa shape index (κ1) is 11.9. The van der Waals surface area contributed by atoms with Gasteiger partial charge in [-0.2, -0.15) is 0 Å². The van der Waals surface area contributed by atoms with E-state index in [2.05, 4.69) is 0 Å². The van der Waals surface area contributed by atoms with Crippen molar-refractivity contribution in [2.45, 2.75) is 6.10 Å². The third-order valence-electron chi connectivity index (χ3n) is 2.12. The van der Waals surface area contributed by atoms with Crippen LogP contribution in [0.5, 0.6) is 0 Å². The van der Waals surface area contributed by atoms with Gasteiger partial charge in [0, 0.05) is 15.5 Å². The van der Waals surface area contributed by atoms with Crippen LogP contribution >= 0.6 is 34.5 Å². The van der Waals surface area contributed by atoms with Crippen LogP contribution < -0.4 is 0 Å². The molecule has 16 heavy (non-hydrogen) atoms. The number of hydrogen-bond acceptors (Lipinski definition) is 2. The van der Waals surface area contributed by atoms with E-state index in [4.69, 9.17) is 23.2 Å². The molecule has 0 saturated carbocycles. The molecular formula is C11H7Cl2FOS. The lowest BCUT2D eigenvalue weighted by atomic mass is 10.1. The minimum Gasteiger partial charge on any atom is -0.383 e. The summed E-state index contributed by atoms with van der Waals surface area (Å²) in [7, 11) is 0. The zero-order valence-electron chi connectivity index (χ0n) is 7.95. The molecule has 1 aromatic carbocycles. The summed E-state index contributed by atoms with van der Waals surface area (Å²) in [4.78, 5) is 0.589. The molecule has 1 heterocycles. The van der Waals surface area contributed by atoms with Gasteiger partial charge in [-0.05, 0) is 30.3 Å². The molecule has 0 aliphatic carbocycles. The van der Waals surface area contributed by atoms with Crippen molar-refractivity contribution < 1.29 is 9.50 Å². The molecular weight excluding hydrogens is 270 g/mol. The molecule has 2 rings (SSSR count). The molecule has 1 aromatic heterocycles. The molecule has 1 atom stereocenters. The maximum Gasteiger partial charge on any atom is 0.129 e. The van der Waals surface area contributed by atoms with Crippen molar-refractivity contribution in [2.24, 2.45) is 0 Å². The Morgan fingerprint density at radius 2 is 1.94 bits per heavy atom. The number of rotatable bonds is 2. The van der Waals surface area contributed by atoms with Crippen LogP contribution in [-0.2, 0) is 0 Å². The Hall–Kier alpha value is -0.610. The third-order valence-corrected chi connectivity index (χ3v) is 3.63. The van der Waals surface area contributed by atoms with Crippen LogP contribution in [0.15, 0.2) is 30.3 Å². The zero-order chi connectivity index (χ0) is 11.7. The Morgan fingerprint density at radius 3 is 2.56 bits per heavy atom. The summed E-state index contributed by atoms with van der Waals surface area (Å²) in [5, 5.41) is 10.4. The van der Waals surface area contributed by atoms with E-state index >= 15 is 0 Å². The highest BCUT2D eigenvalue weighted by atomic mass is 35.5. The number of aliphatic hydroxyl groups is 1. The summed E-state index contributed by atoms with van der Waals surface area (Å²) in [6.07, 6.45) is -1.03. The van der Waals surface area contributed by atoms with Gasteiger partial charge in [0.2, 0.25) is 0 Å². The largest absolute Gasteiger partial charge is 0.383 e. The molecule has 84 valence electrons.